The van der Waals surface area contributed by atoms with E-state index >= 15 is 0 Å². The lowest BCUT2D eigenvalue weighted by atomic mass is 9.97. The number of carbonyl (C=O) groups is 6. The maximum atomic E-state index is 13.0. The molecule has 16 nitrogen and oxygen atoms in total. The van der Waals surface area contributed by atoms with E-state index in [0.29, 0.717) is 6.42 Å². The van der Waals surface area contributed by atoms with Gasteiger partial charge in [-0.25, -0.2) is 4.79 Å². The van der Waals surface area contributed by atoms with E-state index in [-0.39, 0.29) is 38.2 Å². The average molecular weight is 532 g/mol. The number of hydrogen-bond acceptors (Lipinski definition) is 8. The van der Waals surface area contributed by atoms with Crippen molar-refractivity contribution < 1.29 is 44.1 Å². The predicted molar refractivity (Wildman–Crippen MR) is 130 cm³/mol. The fourth-order valence-electron chi connectivity index (χ4n) is 3.05. The maximum Gasteiger partial charge on any atom is 0.326 e. The third kappa shape index (κ3) is 13.6. The lowest BCUT2D eigenvalue weighted by Gasteiger charge is -2.27. The summed E-state index contributed by atoms with van der Waals surface area (Å²) in [6.07, 6.45) is -0.903. The molecule has 0 aromatic rings. The number of amides is 3. The molecule has 37 heavy (non-hydrogen) atoms. The lowest BCUT2D eigenvalue weighted by molar-refractivity contribution is -0.144. The molecule has 0 radical (unpaired) electrons. The van der Waals surface area contributed by atoms with E-state index in [1.807, 2.05) is 0 Å². The first kappa shape index (κ1) is 33.0. The summed E-state index contributed by atoms with van der Waals surface area (Å²) < 4.78 is 0. The standard InChI is InChI=1S/C21H37N7O9/c1-3-10(2)16(28-17(33)11(22)6-7-14(29)30)19(35)27-13(9-15(31)32)18(34)26-12(20(36)37)5-4-8-25-21(23)24/h10-13,16H,3-9,22H2,1-2H3,(H,26,34)(H,27,35)(H,28,33)(H,29,30)(H,31,32)(H,36,37)(H4,23,24,25). The van der Waals surface area contributed by atoms with Crippen molar-refractivity contribution in [3.8, 4) is 0 Å². The third-order valence-corrected chi connectivity index (χ3v) is 5.37. The molecule has 210 valence electrons. The second-order valence-corrected chi connectivity index (χ2v) is 8.42. The topological polar surface area (TPSA) is 290 Å². The Morgan fingerprint density at radius 2 is 1.43 bits per heavy atom. The van der Waals surface area contributed by atoms with Crippen molar-refractivity contribution >= 4 is 41.6 Å². The average Bonchev–Trinajstić information content (AvgIpc) is 2.80. The third-order valence-electron chi connectivity index (χ3n) is 5.37. The number of hydrogen-bond donors (Lipinski definition) is 9. The molecule has 12 N–H and O–H groups in total. The van der Waals surface area contributed by atoms with Crippen LogP contribution in [0.5, 0.6) is 0 Å². The first-order valence-corrected chi connectivity index (χ1v) is 11.6. The van der Waals surface area contributed by atoms with E-state index in [9.17, 15) is 39.0 Å². The lowest BCUT2D eigenvalue weighted by Crippen LogP contribution is -2.59. The van der Waals surface area contributed by atoms with E-state index < -0.39 is 72.1 Å². The monoisotopic (exact) mass is 531 g/mol. The quantitative estimate of drug-likeness (QED) is 0.0495. The molecule has 0 rings (SSSR count). The van der Waals surface area contributed by atoms with Crippen LogP contribution in [0, 0.1) is 5.92 Å². The van der Waals surface area contributed by atoms with Crippen molar-refractivity contribution in [2.75, 3.05) is 6.54 Å². The first-order chi connectivity index (χ1) is 17.2. The Bertz CT molecular complexity index is 861. The largest absolute Gasteiger partial charge is 0.481 e. The zero-order chi connectivity index (χ0) is 28.7. The Labute approximate surface area is 213 Å². The number of nitrogens with two attached hydrogens (primary N) is 3. The van der Waals surface area contributed by atoms with Gasteiger partial charge in [-0.15, -0.1) is 0 Å². The van der Waals surface area contributed by atoms with Crippen molar-refractivity contribution in [2.24, 2.45) is 28.1 Å². The molecule has 0 aliphatic rings. The number of carbonyl (C=O) groups excluding carboxylic acids is 3. The number of guanidine groups is 1. The van der Waals surface area contributed by atoms with Crippen molar-refractivity contribution in [1.82, 2.24) is 16.0 Å². The molecular weight excluding hydrogens is 494 g/mol. The molecule has 5 unspecified atom stereocenters. The van der Waals surface area contributed by atoms with Gasteiger partial charge in [-0.3, -0.25) is 29.0 Å². The highest BCUT2D eigenvalue weighted by Crippen LogP contribution is 2.10. The fourth-order valence-corrected chi connectivity index (χ4v) is 3.05. The number of nitrogens with one attached hydrogen (secondary N) is 3. The van der Waals surface area contributed by atoms with Crippen LogP contribution in [-0.4, -0.2) is 87.6 Å². The number of carboxylic acids is 3. The zero-order valence-electron chi connectivity index (χ0n) is 20.8. The Hall–Kier alpha value is -3.95. The number of rotatable bonds is 18. The summed E-state index contributed by atoms with van der Waals surface area (Å²) in [6.45, 7) is 3.45. The number of aliphatic carboxylic acids is 3. The second-order valence-electron chi connectivity index (χ2n) is 8.42. The molecule has 0 heterocycles. The van der Waals surface area contributed by atoms with Gasteiger partial charge in [0.15, 0.2) is 5.96 Å². The molecule has 0 aliphatic carbocycles. The highest BCUT2D eigenvalue weighted by Gasteiger charge is 2.33. The summed E-state index contributed by atoms with van der Waals surface area (Å²) in [5.74, 6) is -7.41. The number of carboxylic acid groups (broad SMARTS) is 3. The Morgan fingerprint density at radius 3 is 1.92 bits per heavy atom. The van der Waals surface area contributed by atoms with Gasteiger partial charge in [0.2, 0.25) is 17.7 Å². The van der Waals surface area contributed by atoms with Crippen LogP contribution in [0.3, 0.4) is 0 Å². The SMILES string of the molecule is CCC(C)C(NC(=O)C(N)CCC(=O)O)C(=O)NC(CC(=O)O)C(=O)NC(CCCN=C(N)N)C(=O)O. The number of aliphatic imine (C=N–C) groups is 1. The molecule has 0 saturated carbocycles. The van der Waals surface area contributed by atoms with E-state index in [4.69, 9.17) is 22.3 Å². The minimum absolute atomic E-state index is 0.0780. The van der Waals surface area contributed by atoms with Crippen molar-refractivity contribution in [1.29, 1.82) is 0 Å². The molecule has 0 saturated heterocycles. The van der Waals surface area contributed by atoms with Gasteiger partial charge in [0.25, 0.3) is 0 Å². The van der Waals surface area contributed by atoms with E-state index in [1.54, 1.807) is 13.8 Å². The molecule has 0 aliphatic heterocycles. The first-order valence-electron chi connectivity index (χ1n) is 11.6. The van der Waals surface area contributed by atoms with E-state index in [0.717, 1.165) is 0 Å². The molecule has 0 fully saturated rings. The minimum atomic E-state index is -1.66. The Morgan fingerprint density at radius 1 is 0.838 bits per heavy atom. The molecule has 5 atom stereocenters. The summed E-state index contributed by atoms with van der Waals surface area (Å²) in [5, 5.41) is 34.2. The van der Waals surface area contributed by atoms with Crippen molar-refractivity contribution in [3.63, 3.8) is 0 Å². The van der Waals surface area contributed by atoms with E-state index in [2.05, 4.69) is 20.9 Å². The van der Waals surface area contributed by atoms with Crippen LogP contribution in [0.2, 0.25) is 0 Å². The van der Waals surface area contributed by atoms with Gasteiger partial charge in [0.05, 0.1) is 12.5 Å². The fraction of sp³-hybridized carbons (Fsp3) is 0.667. The van der Waals surface area contributed by atoms with Crippen molar-refractivity contribution in [3.05, 3.63) is 0 Å². The maximum absolute atomic E-state index is 13.0. The summed E-state index contributed by atoms with van der Waals surface area (Å²) in [7, 11) is 0. The van der Waals surface area contributed by atoms with E-state index in [1.165, 1.54) is 0 Å². The van der Waals surface area contributed by atoms with Crippen LogP contribution in [0.4, 0.5) is 0 Å². The molecule has 3 amide bonds. The highest BCUT2D eigenvalue weighted by molar-refractivity contribution is 5.95. The Balaban J connectivity index is 5.52. The molecule has 16 heteroatoms. The van der Waals surface area contributed by atoms with Crippen LogP contribution in [0.25, 0.3) is 0 Å². The highest BCUT2D eigenvalue weighted by atomic mass is 16.4. The smallest absolute Gasteiger partial charge is 0.326 e. The van der Waals surface area contributed by atoms with Crippen LogP contribution in [0.1, 0.15) is 52.4 Å². The molecular formula is C21H37N7O9. The van der Waals surface area contributed by atoms with Crippen molar-refractivity contribution in [2.45, 2.75) is 76.5 Å². The van der Waals surface area contributed by atoms with Crippen LogP contribution in [0.15, 0.2) is 4.99 Å². The second kappa shape index (κ2) is 16.7. The summed E-state index contributed by atoms with van der Waals surface area (Å²) in [6, 6.07) is -5.52. The summed E-state index contributed by atoms with van der Waals surface area (Å²) in [4.78, 5) is 75.4. The number of nitrogens with zero attached hydrogens (tertiary/aromatic N) is 1. The zero-order valence-corrected chi connectivity index (χ0v) is 20.8. The molecule has 0 spiro atoms. The predicted octanol–water partition coefficient (Wildman–Crippen LogP) is -2.71. The van der Waals surface area contributed by atoms with Crippen LogP contribution >= 0.6 is 0 Å². The molecule has 0 aromatic heterocycles. The van der Waals surface area contributed by atoms with Gasteiger partial charge >= 0.3 is 17.9 Å². The van der Waals surface area contributed by atoms with Crippen LogP contribution in [-0.2, 0) is 28.8 Å². The van der Waals surface area contributed by atoms with Gasteiger partial charge in [-0.2, -0.15) is 0 Å². The summed E-state index contributed by atoms with van der Waals surface area (Å²) in [5.41, 5.74) is 16.1. The summed E-state index contributed by atoms with van der Waals surface area (Å²) >= 11 is 0. The van der Waals surface area contributed by atoms with Crippen LogP contribution < -0.4 is 33.2 Å². The van der Waals surface area contributed by atoms with Gasteiger partial charge in [-0.05, 0) is 25.2 Å². The Kier molecular flexibility index (Phi) is 14.9. The molecule has 0 aromatic carbocycles. The normalized spacial score (nSPS) is 14.7. The minimum Gasteiger partial charge on any atom is -0.481 e. The van der Waals surface area contributed by atoms with Gasteiger partial charge in [-0.1, -0.05) is 20.3 Å². The van der Waals surface area contributed by atoms with Gasteiger partial charge in [0.1, 0.15) is 18.1 Å². The van der Waals surface area contributed by atoms with Gasteiger partial charge in [0, 0.05) is 13.0 Å². The van der Waals surface area contributed by atoms with Gasteiger partial charge < -0.3 is 48.5 Å². The molecule has 0 bridgehead atoms.